The van der Waals surface area contributed by atoms with Crippen LogP contribution < -0.4 is 15.2 Å². The van der Waals surface area contributed by atoms with Gasteiger partial charge >= 0.3 is 0 Å². The number of aryl methyl sites for hydroxylation is 1. The maximum absolute atomic E-state index is 13.8. The molecule has 2 aromatic rings. The molecular formula is C16H17BrFNO2. The Morgan fingerprint density at radius 1 is 1.10 bits per heavy atom. The Balaban J connectivity index is 2.46. The van der Waals surface area contributed by atoms with Crippen molar-refractivity contribution in [3.8, 4) is 11.5 Å². The number of hydrogen-bond acceptors (Lipinski definition) is 3. The molecule has 0 aliphatic rings. The lowest BCUT2D eigenvalue weighted by atomic mass is 9.97. The molecule has 3 nitrogen and oxygen atoms in total. The molecule has 0 amide bonds. The smallest absolute Gasteiger partial charge is 0.165 e. The highest BCUT2D eigenvalue weighted by atomic mass is 79.9. The molecule has 0 aliphatic carbocycles. The first-order valence-electron chi connectivity index (χ1n) is 6.41. The fourth-order valence-electron chi connectivity index (χ4n) is 2.15. The third kappa shape index (κ3) is 3.19. The van der Waals surface area contributed by atoms with Gasteiger partial charge in [0.05, 0.1) is 20.3 Å². The van der Waals surface area contributed by atoms with E-state index in [1.54, 1.807) is 19.2 Å². The zero-order valence-electron chi connectivity index (χ0n) is 12.1. The Morgan fingerprint density at radius 2 is 1.76 bits per heavy atom. The van der Waals surface area contributed by atoms with E-state index in [2.05, 4.69) is 15.9 Å². The standard InChI is InChI=1S/C16H17BrFNO2/c1-9-6-15(21-3)11(8-12(9)17)16(19)10-4-5-14(20-2)13(18)7-10/h4-8,16H,19H2,1-3H3. The highest BCUT2D eigenvalue weighted by molar-refractivity contribution is 9.10. The van der Waals surface area contributed by atoms with Crippen molar-refractivity contribution in [3.05, 3.63) is 57.3 Å². The van der Waals surface area contributed by atoms with E-state index in [0.29, 0.717) is 11.3 Å². The van der Waals surface area contributed by atoms with Gasteiger partial charge in [-0.25, -0.2) is 4.39 Å². The predicted molar refractivity (Wildman–Crippen MR) is 84.4 cm³/mol. The van der Waals surface area contributed by atoms with Gasteiger partial charge in [-0.3, -0.25) is 0 Å². The third-order valence-electron chi connectivity index (χ3n) is 3.38. The molecule has 2 aromatic carbocycles. The molecular weight excluding hydrogens is 337 g/mol. The minimum Gasteiger partial charge on any atom is -0.496 e. The van der Waals surface area contributed by atoms with Crippen molar-refractivity contribution in [2.24, 2.45) is 5.73 Å². The molecule has 0 aliphatic heterocycles. The Bertz CT molecular complexity index is 661. The number of methoxy groups -OCH3 is 2. The van der Waals surface area contributed by atoms with Gasteiger partial charge in [0, 0.05) is 10.0 Å². The Kier molecular flexibility index (Phi) is 4.85. The molecule has 0 spiro atoms. The van der Waals surface area contributed by atoms with Crippen LogP contribution in [0.3, 0.4) is 0 Å². The van der Waals surface area contributed by atoms with E-state index in [1.165, 1.54) is 13.2 Å². The summed E-state index contributed by atoms with van der Waals surface area (Å²) in [4.78, 5) is 0. The predicted octanol–water partition coefficient (Wildman–Crippen LogP) is 3.96. The highest BCUT2D eigenvalue weighted by Gasteiger charge is 2.17. The minimum atomic E-state index is -0.489. The van der Waals surface area contributed by atoms with Crippen LogP contribution >= 0.6 is 15.9 Å². The van der Waals surface area contributed by atoms with Crippen molar-refractivity contribution in [1.29, 1.82) is 0 Å². The van der Waals surface area contributed by atoms with E-state index in [4.69, 9.17) is 15.2 Å². The largest absolute Gasteiger partial charge is 0.496 e. The second kappa shape index (κ2) is 6.45. The lowest BCUT2D eigenvalue weighted by molar-refractivity contribution is 0.386. The fourth-order valence-corrected chi connectivity index (χ4v) is 2.51. The first kappa shape index (κ1) is 15.8. The first-order valence-corrected chi connectivity index (χ1v) is 7.20. The molecule has 0 bridgehead atoms. The minimum absolute atomic E-state index is 0.197. The molecule has 0 aromatic heterocycles. The fraction of sp³-hybridized carbons (Fsp3) is 0.250. The van der Waals surface area contributed by atoms with E-state index in [0.717, 1.165) is 15.6 Å². The molecule has 0 saturated carbocycles. The number of ether oxygens (including phenoxy) is 2. The topological polar surface area (TPSA) is 44.5 Å². The van der Waals surface area contributed by atoms with Crippen LogP contribution in [-0.4, -0.2) is 14.2 Å². The average Bonchev–Trinajstić information content (AvgIpc) is 2.48. The van der Waals surface area contributed by atoms with Gasteiger partial charge in [0.2, 0.25) is 0 Å². The van der Waals surface area contributed by atoms with Crippen LogP contribution in [0, 0.1) is 12.7 Å². The van der Waals surface area contributed by atoms with Crippen LogP contribution in [0.15, 0.2) is 34.8 Å². The van der Waals surface area contributed by atoms with Crippen molar-refractivity contribution < 1.29 is 13.9 Å². The highest BCUT2D eigenvalue weighted by Crippen LogP contribution is 2.34. The lowest BCUT2D eigenvalue weighted by Crippen LogP contribution is -2.14. The normalized spacial score (nSPS) is 12.1. The van der Waals surface area contributed by atoms with Crippen LogP contribution in [-0.2, 0) is 0 Å². The maximum Gasteiger partial charge on any atom is 0.165 e. The quantitative estimate of drug-likeness (QED) is 0.904. The summed E-state index contributed by atoms with van der Waals surface area (Å²) < 4.78 is 25.1. The number of hydrogen-bond donors (Lipinski definition) is 1. The van der Waals surface area contributed by atoms with Crippen molar-refractivity contribution >= 4 is 15.9 Å². The summed E-state index contributed by atoms with van der Waals surface area (Å²) in [6.07, 6.45) is 0. The molecule has 112 valence electrons. The van der Waals surface area contributed by atoms with Crippen LogP contribution in [0.2, 0.25) is 0 Å². The van der Waals surface area contributed by atoms with Gasteiger partial charge in [-0.15, -0.1) is 0 Å². The van der Waals surface area contributed by atoms with Crippen molar-refractivity contribution in [1.82, 2.24) is 0 Å². The van der Waals surface area contributed by atoms with Crippen molar-refractivity contribution in [3.63, 3.8) is 0 Å². The number of halogens is 2. The zero-order chi connectivity index (χ0) is 15.6. The second-order valence-corrected chi connectivity index (χ2v) is 5.57. The number of benzene rings is 2. The van der Waals surface area contributed by atoms with Gasteiger partial charge in [-0.1, -0.05) is 22.0 Å². The summed E-state index contributed by atoms with van der Waals surface area (Å²) in [6.45, 7) is 1.97. The first-order chi connectivity index (χ1) is 9.97. The summed E-state index contributed by atoms with van der Waals surface area (Å²) in [5, 5.41) is 0. The molecule has 2 N–H and O–H groups in total. The van der Waals surface area contributed by atoms with Gasteiger partial charge in [0.25, 0.3) is 0 Å². The molecule has 0 saturated heterocycles. The van der Waals surface area contributed by atoms with E-state index < -0.39 is 11.9 Å². The summed E-state index contributed by atoms with van der Waals surface area (Å²) in [5.74, 6) is 0.443. The summed E-state index contributed by atoms with van der Waals surface area (Å²) >= 11 is 3.48. The molecule has 5 heteroatoms. The van der Waals surface area contributed by atoms with Gasteiger partial charge < -0.3 is 15.2 Å². The summed E-state index contributed by atoms with van der Waals surface area (Å²) in [6, 6.07) is 8.02. The molecule has 1 unspecified atom stereocenters. The van der Waals surface area contributed by atoms with E-state index in [9.17, 15) is 4.39 Å². The molecule has 0 heterocycles. The Hall–Kier alpha value is -1.59. The molecule has 1 atom stereocenters. The van der Waals surface area contributed by atoms with E-state index in [-0.39, 0.29) is 5.75 Å². The van der Waals surface area contributed by atoms with Crippen molar-refractivity contribution in [2.45, 2.75) is 13.0 Å². The zero-order valence-corrected chi connectivity index (χ0v) is 13.7. The van der Waals surface area contributed by atoms with Gasteiger partial charge in [0.15, 0.2) is 11.6 Å². The Morgan fingerprint density at radius 3 is 2.33 bits per heavy atom. The van der Waals surface area contributed by atoms with Crippen molar-refractivity contribution in [2.75, 3.05) is 14.2 Å². The average molecular weight is 354 g/mol. The van der Waals surface area contributed by atoms with Gasteiger partial charge in [-0.2, -0.15) is 0 Å². The van der Waals surface area contributed by atoms with Crippen LogP contribution in [0.25, 0.3) is 0 Å². The van der Waals surface area contributed by atoms with Gasteiger partial charge in [-0.05, 0) is 42.3 Å². The maximum atomic E-state index is 13.8. The van der Waals surface area contributed by atoms with Crippen LogP contribution in [0.4, 0.5) is 4.39 Å². The molecule has 2 rings (SSSR count). The second-order valence-electron chi connectivity index (χ2n) is 4.71. The molecule has 0 fully saturated rings. The van der Waals surface area contributed by atoms with Crippen LogP contribution in [0.5, 0.6) is 11.5 Å². The monoisotopic (exact) mass is 353 g/mol. The Labute approximate surface area is 132 Å². The SMILES string of the molecule is COc1ccc(C(N)c2cc(Br)c(C)cc2OC)cc1F. The van der Waals surface area contributed by atoms with E-state index in [1.807, 2.05) is 19.1 Å². The summed E-state index contributed by atoms with van der Waals surface area (Å²) in [5.41, 5.74) is 8.76. The van der Waals surface area contributed by atoms with Crippen LogP contribution in [0.1, 0.15) is 22.7 Å². The summed E-state index contributed by atoms with van der Waals surface area (Å²) in [7, 11) is 3.02. The third-order valence-corrected chi connectivity index (χ3v) is 4.24. The number of rotatable bonds is 4. The van der Waals surface area contributed by atoms with Gasteiger partial charge in [0.1, 0.15) is 5.75 Å². The van der Waals surface area contributed by atoms with E-state index >= 15 is 0 Å². The lowest BCUT2D eigenvalue weighted by Gasteiger charge is -2.18. The number of nitrogens with two attached hydrogens (primary N) is 1. The molecule has 0 radical (unpaired) electrons. The molecule has 21 heavy (non-hydrogen) atoms.